The van der Waals surface area contributed by atoms with Crippen molar-refractivity contribution in [2.75, 3.05) is 13.2 Å². The highest BCUT2D eigenvalue weighted by Gasteiger charge is 2.27. The number of aryl methyl sites for hydroxylation is 1. The fourth-order valence-corrected chi connectivity index (χ4v) is 4.23. The highest BCUT2D eigenvalue weighted by molar-refractivity contribution is 7.86. The maximum atomic E-state index is 12.4. The Labute approximate surface area is 180 Å². The minimum Gasteiger partial charge on any atom is -0.462 e. The lowest BCUT2D eigenvalue weighted by atomic mass is 9.84. The van der Waals surface area contributed by atoms with Crippen molar-refractivity contribution in [1.82, 2.24) is 0 Å². The summed E-state index contributed by atoms with van der Waals surface area (Å²) in [5, 5.41) is 10.7. The molecule has 0 saturated carbocycles. The molecule has 2 unspecified atom stereocenters. The quantitative estimate of drug-likeness (QED) is 0.198. The first-order chi connectivity index (χ1) is 14.8. The van der Waals surface area contributed by atoms with Gasteiger partial charge in [0.1, 0.15) is 0 Å². The van der Waals surface area contributed by atoms with Gasteiger partial charge in [-0.05, 0) is 49.9 Å². The third kappa shape index (κ3) is 5.99. The molecule has 0 bridgehead atoms. The molecule has 8 nitrogen and oxygen atoms in total. The van der Waals surface area contributed by atoms with Gasteiger partial charge in [-0.2, -0.15) is 8.42 Å². The van der Waals surface area contributed by atoms with Crippen LogP contribution in [0.15, 0.2) is 65.6 Å². The third-order valence-corrected chi connectivity index (χ3v) is 6.50. The number of nitrogens with zero attached hydrogens (tertiary/aromatic N) is 1. The number of hydrogen-bond acceptors (Lipinski definition) is 7. The lowest BCUT2D eigenvalue weighted by Gasteiger charge is -2.27. The Kier molecular flexibility index (Phi) is 7.19. The van der Waals surface area contributed by atoms with Crippen molar-refractivity contribution in [3.63, 3.8) is 0 Å². The number of carbonyl (C=O) groups excluding carboxylic acids is 1. The summed E-state index contributed by atoms with van der Waals surface area (Å²) < 4.78 is 35.6. The molecule has 0 fully saturated rings. The number of non-ortho nitro benzene ring substituents is 1. The highest BCUT2D eigenvalue weighted by Crippen LogP contribution is 2.28. The average molecular weight is 445 g/mol. The number of ether oxygens (including phenoxy) is 1. The molecule has 1 aliphatic rings. The summed E-state index contributed by atoms with van der Waals surface area (Å²) >= 11 is 0. The summed E-state index contributed by atoms with van der Waals surface area (Å²) in [6.07, 6.45) is 5.17. The molecule has 9 heteroatoms. The SMILES string of the molecule is Cc1ccc(S(=O)(=O)OCC2CC=CCC2COC(=O)c2ccc([N+](=O)[O-])cc2)cc1. The van der Waals surface area contributed by atoms with Crippen LogP contribution in [-0.4, -0.2) is 32.5 Å². The van der Waals surface area contributed by atoms with Crippen LogP contribution in [0.2, 0.25) is 0 Å². The van der Waals surface area contributed by atoms with Gasteiger partial charge in [-0.15, -0.1) is 0 Å². The normalized spacial score (nSPS) is 18.5. The number of hydrogen-bond donors (Lipinski definition) is 0. The van der Waals surface area contributed by atoms with Crippen molar-refractivity contribution in [1.29, 1.82) is 0 Å². The summed E-state index contributed by atoms with van der Waals surface area (Å²) in [6, 6.07) is 11.6. The molecule has 2 atom stereocenters. The van der Waals surface area contributed by atoms with E-state index in [1.165, 1.54) is 36.4 Å². The van der Waals surface area contributed by atoms with E-state index in [2.05, 4.69) is 0 Å². The maximum Gasteiger partial charge on any atom is 0.338 e. The molecule has 0 saturated heterocycles. The van der Waals surface area contributed by atoms with Crippen LogP contribution >= 0.6 is 0 Å². The molecular weight excluding hydrogens is 422 g/mol. The molecule has 0 aliphatic heterocycles. The van der Waals surface area contributed by atoms with E-state index < -0.39 is 21.0 Å². The average Bonchev–Trinajstić information content (AvgIpc) is 2.77. The fourth-order valence-electron chi connectivity index (χ4n) is 3.27. The molecule has 0 radical (unpaired) electrons. The molecule has 31 heavy (non-hydrogen) atoms. The first-order valence-electron chi connectivity index (χ1n) is 9.79. The van der Waals surface area contributed by atoms with Crippen molar-refractivity contribution in [3.05, 3.63) is 81.9 Å². The van der Waals surface area contributed by atoms with Crippen LogP contribution in [0.1, 0.15) is 28.8 Å². The third-order valence-electron chi connectivity index (χ3n) is 5.20. The number of carbonyl (C=O) groups is 1. The molecule has 0 amide bonds. The largest absolute Gasteiger partial charge is 0.462 e. The monoisotopic (exact) mass is 445 g/mol. The van der Waals surface area contributed by atoms with Crippen molar-refractivity contribution in [2.45, 2.75) is 24.7 Å². The minimum atomic E-state index is -3.87. The van der Waals surface area contributed by atoms with Crippen LogP contribution in [0.4, 0.5) is 5.69 Å². The zero-order valence-electron chi connectivity index (χ0n) is 17.0. The molecule has 2 aromatic carbocycles. The van der Waals surface area contributed by atoms with E-state index in [9.17, 15) is 23.3 Å². The zero-order valence-corrected chi connectivity index (χ0v) is 17.8. The minimum absolute atomic E-state index is 0.0136. The molecule has 0 heterocycles. The van der Waals surface area contributed by atoms with Crippen LogP contribution in [-0.2, 0) is 19.0 Å². The first kappa shape index (κ1) is 22.6. The predicted octanol–water partition coefficient (Wildman–Crippen LogP) is 4.05. The molecule has 0 spiro atoms. The Bertz CT molecular complexity index is 1060. The standard InChI is InChI=1S/C22H23NO7S/c1-16-6-12-21(13-7-16)31(27,28)30-15-19-5-3-2-4-18(19)14-29-22(24)17-8-10-20(11-9-17)23(25)26/h2-3,6-13,18-19H,4-5,14-15H2,1H3. The fraction of sp³-hybridized carbons (Fsp3) is 0.318. The number of allylic oxidation sites excluding steroid dienone is 2. The van der Waals surface area contributed by atoms with Gasteiger partial charge in [0.05, 0.1) is 28.6 Å². The summed E-state index contributed by atoms with van der Waals surface area (Å²) in [5.74, 6) is -0.813. The Morgan fingerprint density at radius 2 is 1.58 bits per heavy atom. The van der Waals surface area contributed by atoms with Crippen LogP contribution in [0.25, 0.3) is 0 Å². The van der Waals surface area contributed by atoms with E-state index in [0.717, 1.165) is 5.56 Å². The summed E-state index contributed by atoms with van der Waals surface area (Å²) in [6.45, 7) is 1.95. The van der Waals surface area contributed by atoms with Crippen molar-refractivity contribution in [2.24, 2.45) is 11.8 Å². The number of esters is 1. The second-order valence-corrected chi connectivity index (χ2v) is 9.03. The van der Waals surface area contributed by atoms with Gasteiger partial charge in [-0.25, -0.2) is 4.79 Å². The van der Waals surface area contributed by atoms with E-state index in [1.54, 1.807) is 12.1 Å². The number of rotatable bonds is 8. The van der Waals surface area contributed by atoms with Crippen molar-refractivity contribution < 1.29 is 27.1 Å². The first-order valence-corrected chi connectivity index (χ1v) is 11.2. The summed E-state index contributed by atoms with van der Waals surface area (Å²) in [4.78, 5) is 22.5. The van der Waals surface area contributed by atoms with Crippen molar-refractivity contribution >= 4 is 21.8 Å². The molecule has 2 aromatic rings. The number of benzene rings is 2. The van der Waals surface area contributed by atoms with Crippen molar-refractivity contribution in [3.8, 4) is 0 Å². The van der Waals surface area contributed by atoms with E-state index in [-0.39, 0.29) is 41.2 Å². The van der Waals surface area contributed by atoms with Crippen LogP contribution in [0, 0.1) is 28.9 Å². The molecule has 164 valence electrons. The van der Waals surface area contributed by atoms with Gasteiger partial charge in [0.15, 0.2) is 0 Å². The maximum absolute atomic E-state index is 12.4. The van der Waals surface area contributed by atoms with Gasteiger partial charge in [0, 0.05) is 18.1 Å². The molecule has 3 rings (SSSR count). The van der Waals surface area contributed by atoms with Crippen LogP contribution < -0.4 is 0 Å². The Balaban J connectivity index is 1.58. The number of nitro groups is 1. The van der Waals surface area contributed by atoms with E-state index in [0.29, 0.717) is 12.8 Å². The van der Waals surface area contributed by atoms with Gasteiger partial charge >= 0.3 is 5.97 Å². The van der Waals surface area contributed by atoms with E-state index in [1.807, 2.05) is 19.1 Å². The Morgan fingerprint density at radius 3 is 2.16 bits per heavy atom. The predicted molar refractivity (Wildman–Crippen MR) is 113 cm³/mol. The Hall–Kier alpha value is -3.04. The van der Waals surface area contributed by atoms with Gasteiger partial charge in [-0.3, -0.25) is 14.3 Å². The molecular formula is C22H23NO7S. The van der Waals surface area contributed by atoms with E-state index in [4.69, 9.17) is 8.92 Å². The molecule has 0 aromatic heterocycles. The van der Waals surface area contributed by atoms with Crippen LogP contribution in [0.5, 0.6) is 0 Å². The van der Waals surface area contributed by atoms with Crippen LogP contribution in [0.3, 0.4) is 0 Å². The smallest absolute Gasteiger partial charge is 0.338 e. The van der Waals surface area contributed by atoms with E-state index >= 15 is 0 Å². The second kappa shape index (κ2) is 9.84. The zero-order chi connectivity index (χ0) is 22.4. The Morgan fingerprint density at radius 1 is 1.00 bits per heavy atom. The molecule has 0 N–H and O–H groups in total. The summed E-state index contributed by atoms with van der Waals surface area (Å²) in [7, 11) is -3.87. The highest BCUT2D eigenvalue weighted by atomic mass is 32.2. The van der Waals surface area contributed by atoms with Gasteiger partial charge in [-0.1, -0.05) is 29.8 Å². The number of nitro benzene ring substituents is 1. The van der Waals surface area contributed by atoms with Gasteiger partial charge in [0.25, 0.3) is 15.8 Å². The molecule has 1 aliphatic carbocycles. The lowest BCUT2D eigenvalue weighted by molar-refractivity contribution is -0.384. The van der Waals surface area contributed by atoms with Gasteiger partial charge in [0.2, 0.25) is 0 Å². The topological polar surface area (TPSA) is 113 Å². The lowest BCUT2D eigenvalue weighted by Crippen LogP contribution is -2.28. The summed E-state index contributed by atoms with van der Waals surface area (Å²) in [5.41, 5.74) is 1.05. The van der Waals surface area contributed by atoms with Gasteiger partial charge < -0.3 is 4.74 Å². The second-order valence-electron chi connectivity index (χ2n) is 7.42.